The average Bonchev–Trinajstić information content (AvgIpc) is 3.01. The molecule has 0 bridgehead atoms. The van der Waals surface area contributed by atoms with Crippen LogP contribution >= 0.6 is 0 Å². The molecule has 0 saturated heterocycles. The molecular formula is C47H76O2. The summed E-state index contributed by atoms with van der Waals surface area (Å²) in [7, 11) is 0. The molecule has 49 heavy (non-hydrogen) atoms. The molecule has 0 spiro atoms. The van der Waals surface area contributed by atoms with E-state index in [1.807, 2.05) is 13.8 Å². The number of ether oxygens (including phenoxy) is 1. The first-order chi connectivity index (χ1) is 23.3. The van der Waals surface area contributed by atoms with Crippen molar-refractivity contribution < 1.29 is 9.53 Å². The zero-order valence-corrected chi connectivity index (χ0v) is 34.0. The lowest BCUT2D eigenvalue weighted by molar-refractivity contribution is -0.137. The minimum Gasteiger partial charge on any atom is -0.463 e. The Morgan fingerprint density at radius 1 is 0.449 bits per heavy atom. The maximum atomic E-state index is 11.5. The summed E-state index contributed by atoms with van der Waals surface area (Å²) < 4.78 is 4.98. The van der Waals surface area contributed by atoms with Gasteiger partial charge in [0, 0.05) is 6.08 Å². The predicted octanol–water partition coefficient (Wildman–Crippen LogP) is 15.3. The second-order valence-corrected chi connectivity index (χ2v) is 14.7. The predicted molar refractivity (Wildman–Crippen MR) is 220 cm³/mol. The van der Waals surface area contributed by atoms with Gasteiger partial charge in [0.1, 0.15) is 0 Å². The van der Waals surface area contributed by atoms with Gasteiger partial charge in [-0.3, -0.25) is 0 Å². The quantitative estimate of drug-likeness (QED) is 0.0518. The largest absolute Gasteiger partial charge is 0.463 e. The van der Waals surface area contributed by atoms with E-state index in [9.17, 15) is 4.79 Å². The van der Waals surface area contributed by atoms with Crippen LogP contribution < -0.4 is 0 Å². The van der Waals surface area contributed by atoms with Crippen LogP contribution in [0.3, 0.4) is 0 Å². The molecule has 0 atom stereocenters. The summed E-state index contributed by atoms with van der Waals surface area (Å²) in [4.78, 5) is 11.5. The zero-order valence-electron chi connectivity index (χ0n) is 34.0. The van der Waals surface area contributed by atoms with Crippen LogP contribution in [0.15, 0.2) is 105 Å². The Morgan fingerprint density at radius 3 is 0.980 bits per heavy atom. The van der Waals surface area contributed by atoms with Crippen LogP contribution in [0.4, 0.5) is 0 Å². The lowest BCUT2D eigenvalue weighted by atomic mass is 10.0. The average molecular weight is 675 g/mol. The summed E-state index contributed by atoms with van der Waals surface area (Å²) in [6.07, 6.45) is 38.9. The monoisotopic (exact) mass is 675 g/mol. The summed E-state index contributed by atoms with van der Waals surface area (Å²) in [6, 6.07) is 0. The fourth-order valence-electron chi connectivity index (χ4n) is 5.58. The fourth-order valence-corrected chi connectivity index (χ4v) is 5.58. The number of allylic oxidation sites excluding steroid dienone is 17. The van der Waals surface area contributed by atoms with Gasteiger partial charge in [0.15, 0.2) is 0 Å². The first-order valence-corrected chi connectivity index (χ1v) is 19.4. The highest BCUT2D eigenvalue weighted by atomic mass is 16.5. The van der Waals surface area contributed by atoms with Crippen LogP contribution in [0.25, 0.3) is 0 Å². The third-order valence-electron chi connectivity index (χ3n) is 8.96. The van der Waals surface area contributed by atoms with Crippen molar-refractivity contribution in [2.24, 2.45) is 0 Å². The molecule has 276 valence electrons. The Morgan fingerprint density at radius 2 is 0.714 bits per heavy atom. The lowest BCUT2D eigenvalue weighted by Crippen LogP contribution is -2.00. The number of hydrogen-bond donors (Lipinski definition) is 0. The van der Waals surface area contributed by atoms with E-state index in [1.165, 1.54) is 76.7 Å². The number of rotatable bonds is 26. The molecule has 0 unspecified atom stereocenters. The Kier molecular flexibility index (Phi) is 28.2. The van der Waals surface area contributed by atoms with Crippen molar-refractivity contribution in [1.82, 2.24) is 0 Å². The van der Waals surface area contributed by atoms with E-state index in [0.29, 0.717) is 6.61 Å². The van der Waals surface area contributed by atoms with E-state index in [4.69, 9.17) is 4.74 Å². The maximum absolute atomic E-state index is 11.5. The van der Waals surface area contributed by atoms with Crippen LogP contribution in [-0.2, 0) is 9.53 Å². The van der Waals surface area contributed by atoms with Crippen molar-refractivity contribution in [3.8, 4) is 0 Å². The number of carbonyl (C=O) groups is 1. The highest BCUT2D eigenvalue weighted by Gasteiger charge is 1.99. The minimum absolute atomic E-state index is 0.233. The van der Waals surface area contributed by atoms with E-state index in [2.05, 4.69) is 111 Å². The minimum atomic E-state index is -0.233. The molecule has 0 aliphatic rings. The molecule has 0 N–H and O–H groups in total. The Bertz CT molecular complexity index is 1210. The van der Waals surface area contributed by atoms with Crippen LogP contribution in [0, 0.1) is 0 Å². The molecule has 0 radical (unpaired) electrons. The number of esters is 1. The third-order valence-corrected chi connectivity index (χ3v) is 8.96. The second kappa shape index (κ2) is 30.0. The molecule has 2 nitrogen and oxygen atoms in total. The Labute approximate surface area is 305 Å². The van der Waals surface area contributed by atoms with Crippen molar-refractivity contribution in [3.63, 3.8) is 0 Å². The van der Waals surface area contributed by atoms with E-state index >= 15 is 0 Å². The summed E-state index contributed by atoms with van der Waals surface area (Å²) in [6.45, 7) is 24.5. The van der Waals surface area contributed by atoms with Gasteiger partial charge in [-0.25, -0.2) is 4.79 Å². The van der Waals surface area contributed by atoms with Crippen molar-refractivity contribution in [1.29, 1.82) is 0 Å². The Balaban J connectivity index is 4.25. The van der Waals surface area contributed by atoms with Crippen LogP contribution in [0.2, 0.25) is 0 Å². The highest BCUT2D eigenvalue weighted by molar-refractivity contribution is 5.82. The van der Waals surface area contributed by atoms with Gasteiger partial charge in [0.05, 0.1) is 6.61 Å². The third kappa shape index (κ3) is 30.9. The van der Waals surface area contributed by atoms with Crippen molar-refractivity contribution in [3.05, 3.63) is 105 Å². The van der Waals surface area contributed by atoms with Gasteiger partial charge in [-0.2, -0.15) is 0 Å². The van der Waals surface area contributed by atoms with Crippen LogP contribution in [0.1, 0.15) is 179 Å². The SMILES string of the molecule is CCOC(=O)/C=[14C](\C)CC/C=C(\C)CC/C=C(\C)CC/C=C(\C)CC/C=C(\C)CC/C=C(\C)CC/C=C(\C)CC/C=C(\C)CCC=C(C)C. The van der Waals surface area contributed by atoms with Crippen LogP contribution in [-0.4, -0.2) is 12.6 Å². The molecule has 0 aliphatic carbocycles. The van der Waals surface area contributed by atoms with E-state index in [1.54, 1.807) is 6.08 Å². The summed E-state index contributed by atoms with van der Waals surface area (Å²) in [5.74, 6) is -0.233. The number of hydrogen-bond acceptors (Lipinski definition) is 2. The summed E-state index contributed by atoms with van der Waals surface area (Å²) >= 11 is 0. The normalized spacial score (nSPS) is 14.4. The van der Waals surface area contributed by atoms with Gasteiger partial charge < -0.3 is 4.74 Å². The molecule has 0 aromatic carbocycles. The van der Waals surface area contributed by atoms with E-state index < -0.39 is 0 Å². The molecule has 0 amide bonds. The van der Waals surface area contributed by atoms with E-state index in [-0.39, 0.29) is 5.97 Å². The van der Waals surface area contributed by atoms with Crippen LogP contribution in [0.5, 0.6) is 0 Å². The molecule has 2 heteroatoms. The molecule has 0 rings (SSSR count). The maximum Gasteiger partial charge on any atom is 0.330 e. The first kappa shape index (κ1) is 46.1. The smallest absolute Gasteiger partial charge is 0.330 e. The van der Waals surface area contributed by atoms with Gasteiger partial charge in [-0.15, -0.1) is 0 Å². The summed E-state index contributed by atoms with van der Waals surface area (Å²) in [5, 5.41) is 0. The van der Waals surface area contributed by atoms with Gasteiger partial charge in [0.25, 0.3) is 0 Å². The molecule has 0 aromatic rings. The van der Waals surface area contributed by atoms with Gasteiger partial charge in [-0.1, -0.05) is 98.8 Å². The van der Waals surface area contributed by atoms with Crippen molar-refractivity contribution in [2.75, 3.05) is 6.61 Å². The number of carbonyl (C=O) groups excluding carboxylic acids is 1. The standard InChI is InChI=1S/C47H76O2/c1-12-49-47(48)37-46(11)36-20-35-45(10)34-19-33-44(9)32-18-31-43(8)30-17-29-42(7)28-16-27-41(6)26-15-25-40(5)24-14-23-39(4)22-13-21-38(2)3/h21,23,25,27,29,31,33,35,37H,12-20,22,24,26,28,30,32,34,36H2,1-11H3/b39-23+,40-25+,41-27+,42-29+,43-31+,44-33+,45-35+,46-37+/i46+2. The fraction of sp³-hybridized carbons (Fsp3) is 0.596. The topological polar surface area (TPSA) is 26.3 Å². The molecule has 0 aliphatic heterocycles. The lowest BCUT2D eigenvalue weighted by Gasteiger charge is -2.04. The van der Waals surface area contributed by atoms with Gasteiger partial charge in [0.2, 0.25) is 0 Å². The zero-order chi connectivity index (χ0) is 36.9. The van der Waals surface area contributed by atoms with Gasteiger partial charge >= 0.3 is 5.97 Å². The first-order valence-electron chi connectivity index (χ1n) is 19.4. The molecule has 0 aromatic heterocycles. The van der Waals surface area contributed by atoms with Crippen molar-refractivity contribution in [2.45, 2.75) is 179 Å². The molecular weight excluding hydrogens is 599 g/mol. The van der Waals surface area contributed by atoms with Crippen molar-refractivity contribution >= 4 is 5.97 Å². The highest BCUT2D eigenvalue weighted by Crippen LogP contribution is 2.17. The molecule has 0 heterocycles. The van der Waals surface area contributed by atoms with Gasteiger partial charge in [-0.05, 0) is 179 Å². The van der Waals surface area contributed by atoms with E-state index in [0.717, 1.165) is 76.2 Å². The molecule has 0 saturated carbocycles. The molecule has 0 fully saturated rings. The Hall–Kier alpha value is -2.87. The summed E-state index contributed by atoms with van der Waals surface area (Å²) in [5.41, 5.74) is 13.0. The second-order valence-electron chi connectivity index (χ2n) is 14.7.